The molecule has 0 aromatic rings. The Balaban J connectivity index is 2.86. The zero-order chi connectivity index (χ0) is 13.0. The Bertz CT molecular complexity index is 219. The van der Waals surface area contributed by atoms with E-state index in [2.05, 4.69) is 6.92 Å². The van der Waals surface area contributed by atoms with Crippen LogP contribution in [0.4, 0.5) is 0 Å². The number of methoxy groups -OCH3 is 2. The third-order valence-electron chi connectivity index (χ3n) is 3.24. The molecule has 1 saturated heterocycles. The summed E-state index contributed by atoms with van der Waals surface area (Å²) >= 11 is 0. The maximum absolute atomic E-state index is 5.97. The molecule has 0 saturated carbocycles. The van der Waals surface area contributed by atoms with Crippen LogP contribution in [0.25, 0.3) is 0 Å². The van der Waals surface area contributed by atoms with Crippen molar-refractivity contribution in [3.63, 3.8) is 0 Å². The number of rotatable bonds is 5. The summed E-state index contributed by atoms with van der Waals surface area (Å²) in [7, 11) is 3.40. The zero-order valence-corrected chi connectivity index (χ0v) is 11.8. The minimum Gasteiger partial charge on any atom is -0.376 e. The second-order valence-corrected chi connectivity index (χ2v) is 4.84. The highest BCUT2D eigenvalue weighted by Crippen LogP contribution is 2.29. The molecular formula is C13H26O4. The Morgan fingerprint density at radius 3 is 2.06 bits per heavy atom. The van der Waals surface area contributed by atoms with Gasteiger partial charge in [-0.3, -0.25) is 0 Å². The van der Waals surface area contributed by atoms with Gasteiger partial charge in [-0.1, -0.05) is 6.92 Å². The van der Waals surface area contributed by atoms with Gasteiger partial charge >= 0.3 is 0 Å². The summed E-state index contributed by atoms with van der Waals surface area (Å²) in [6.07, 6.45) is 0.952. The second-order valence-electron chi connectivity index (χ2n) is 4.84. The molecule has 0 spiro atoms. The van der Waals surface area contributed by atoms with E-state index in [9.17, 15) is 0 Å². The van der Waals surface area contributed by atoms with Gasteiger partial charge < -0.3 is 18.9 Å². The maximum atomic E-state index is 5.97. The van der Waals surface area contributed by atoms with Crippen molar-refractivity contribution in [1.82, 2.24) is 0 Å². The van der Waals surface area contributed by atoms with Crippen LogP contribution in [0.15, 0.2) is 0 Å². The first-order valence-electron chi connectivity index (χ1n) is 6.41. The fourth-order valence-electron chi connectivity index (χ4n) is 2.51. The summed E-state index contributed by atoms with van der Waals surface area (Å²) in [6, 6.07) is 0. The predicted octanol–water partition coefficient (Wildman–Crippen LogP) is 2.01. The molecule has 1 aliphatic rings. The Morgan fingerprint density at radius 1 is 1.06 bits per heavy atom. The molecule has 4 heteroatoms. The molecule has 0 bridgehead atoms. The Morgan fingerprint density at radius 2 is 1.65 bits per heavy atom. The molecule has 1 heterocycles. The Hall–Kier alpha value is -0.160. The Kier molecular flexibility index (Phi) is 5.86. The van der Waals surface area contributed by atoms with Crippen molar-refractivity contribution in [2.45, 2.75) is 70.7 Å². The molecule has 1 aliphatic heterocycles. The van der Waals surface area contributed by atoms with Crippen LogP contribution in [-0.4, -0.2) is 50.8 Å². The standard InChI is InChI=1S/C13H26O4/c1-7-10-12(15-6)13(16-8(2)3)11(14-5)9(4)17-10/h8-13H,7H2,1-6H3/t9?,10-,11-,12?,13?/m0/s1. The summed E-state index contributed by atoms with van der Waals surface area (Å²) in [5.41, 5.74) is 0. The molecule has 0 aliphatic carbocycles. The van der Waals surface area contributed by atoms with Gasteiger partial charge in [0.1, 0.15) is 18.3 Å². The van der Waals surface area contributed by atoms with Crippen molar-refractivity contribution in [1.29, 1.82) is 0 Å². The van der Waals surface area contributed by atoms with Crippen LogP contribution in [0, 0.1) is 0 Å². The van der Waals surface area contributed by atoms with Crippen molar-refractivity contribution in [3.05, 3.63) is 0 Å². The highest BCUT2D eigenvalue weighted by atomic mass is 16.6. The van der Waals surface area contributed by atoms with E-state index in [0.717, 1.165) is 6.42 Å². The van der Waals surface area contributed by atoms with Crippen LogP contribution in [0.3, 0.4) is 0 Å². The molecule has 17 heavy (non-hydrogen) atoms. The van der Waals surface area contributed by atoms with Crippen LogP contribution < -0.4 is 0 Å². The first-order chi connectivity index (χ1) is 8.04. The lowest BCUT2D eigenvalue weighted by atomic mass is 9.93. The third-order valence-corrected chi connectivity index (χ3v) is 3.24. The van der Waals surface area contributed by atoms with Crippen molar-refractivity contribution in [2.75, 3.05) is 14.2 Å². The van der Waals surface area contributed by atoms with E-state index in [1.54, 1.807) is 14.2 Å². The van der Waals surface area contributed by atoms with Gasteiger partial charge in [-0.05, 0) is 27.2 Å². The third kappa shape index (κ3) is 3.41. The summed E-state index contributed by atoms with van der Waals surface area (Å²) in [5, 5.41) is 0. The lowest BCUT2D eigenvalue weighted by Crippen LogP contribution is -2.59. The first kappa shape index (κ1) is 14.9. The predicted molar refractivity (Wildman–Crippen MR) is 66.2 cm³/mol. The normalized spacial score (nSPS) is 38.6. The van der Waals surface area contributed by atoms with E-state index in [4.69, 9.17) is 18.9 Å². The van der Waals surface area contributed by atoms with Crippen molar-refractivity contribution in [3.8, 4) is 0 Å². The molecule has 5 atom stereocenters. The van der Waals surface area contributed by atoms with Gasteiger partial charge in [0.15, 0.2) is 0 Å². The lowest BCUT2D eigenvalue weighted by molar-refractivity contribution is -0.250. The lowest BCUT2D eigenvalue weighted by Gasteiger charge is -2.45. The molecule has 1 rings (SSSR count). The van der Waals surface area contributed by atoms with E-state index < -0.39 is 0 Å². The van der Waals surface area contributed by atoms with Gasteiger partial charge in [0.2, 0.25) is 0 Å². The van der Waals surface area contributed by atoms with Gasteiger partial charge in [0.25, 0.3) is 0 Å². The highest BCUT2D eigenvalue weighted by molar-refractivity contribution is 4.93. The molecule has 0 aromatic heterocycles. The number of hydrogen-bond acceptors (Lipinski definition) is 4. The van der Waals surface area contributed by atoms with E-state index in [1.165, 1.54) is 0 Å². The second kappa shape index (κ2) is 6.69. The van der Waals surface area contributed by atoms with Crippen LogP contribution in [-0.2, 0) is 18.9 Å². The van der Waals surface area contributed by atoms with Gasteiger partial charge in [0.05, 0.1) is 18.3 Å². The van der Waals surface area contributed by atoms with Crippen LogP contribution >= 0.6 is 0 Å². The molecule has 3 unspecified atom stereocenters. The summed E-state index contributed by atoms with van der Waals surface area (Å²) in [4.78, 5) is 0. The maximum Gasteiger partial charge on any atom is 0.115 e. The van der Waals surface area contributed by atoms with E-state index in [0.29, 0.717) is 0 Å². The van der Waals surface area contributed by atoms with Gasteiger partial charge in [-0.25, -0.2) is 0 Å². The first-order valence-corrected chi connectivity index (χ1v) is 6.41. The molecule has 102 valence electrons. The quantitative estimate of drug-likeness (QED) is 0.743. The molecule has 0 radical (unpaired) electrons. The summed E-state index contributed by atoms with van der Waals surface area (Å²) in [5.74, 6) is 0. The van der Waals surface area contributed by atoms with Crippen LogP contribution in [0.5, 0.6) is 0 Å². The molecule has 4 nitrogen and oxygen atoms in total. The summed E-state index contributed by atoms with van der Waals surface area (Å²) < 4.78 is 23.0. The summed E-state index contributed by atoms with van der Waals surface area (Å²) in [6.45, 7) is 8.18. The van der Waals surface area contributed by atoms with Crippen molar-refractivity contribution < 1.29 is 18.9 Å². The van der Waals surface area contributed by atoms with Crippen LogP contribution in [0.1, 0.15) is 34.1 Å². The average Bonchev–Trinajstić information content (AvgIpc) is 2.28. The fraction of sp³-hybridized carbons (Fsp3) is 1.00. The molecule has 1 fully saturated rings. The molecule has 0 aromatic carbocycles. The minimum atomic E-state index is -0.0786. The zero-order valence-electron chi connectivity index (χ0n) is 11.8. The topological polar surface area (TPSA) is 36.9 Å². The van der Waals surface area contributed by atoms with Gasteiger partial charge in [-0.15, -0.1) is 0 Å². The number of ether oxygens (including phenoxy) is 4. The highest BCUT2D eigenvalue weighted by Gasteiger charge is 2.45. The number of hydrogen-bond donors (Lipinski definition) is 0. The average molecular weight is 246 g/mol. The smallest absolute Gasteiger partial charge is 0.115 e. The van der Waals surface area contributed by atoms with Crippen molar-refractivity contribution >= 4 is 0 Å². The van der Waals surface area contributed by atoms with E-state index in [-0.39, 0.29) is 36.6 Å². The minimum absolute atomic E-state index is 0.0279. The van der Waals surface area contributed by atoms with Crippen molar-refractivity contribution in [2.24, 2.45) is 0 Å². The van der Waals surface area contributed by atoms with Crippen LogP contribution in [0.2, 0.25) is 0 Å². The SMILES string of the molecule is CC[C@@H]1OC(C)[C@H](OC)C(OC(C)C)C1OC. The van der Waals surface area contributed by atoms with Gasteiger partial charge in [0, 0.05) is 14.2 Å². The van der Waals surface area contributed by atoms with Gasteiger partial charge in [-0.2, -0.15) is 0 Å². The Labute approximate surface area is 105 Å². The molecular weight excluding hydrogens is 220 g/mol. The van der Waals surface area contributed by atoms with E-state index >= 15 is 0 Å². The van der Waals surface area contributed by atoms with E-state index in [1.807, 2.05) is 20.8 Å². The monoisotopic (exact) mass is 246 g/mol. The molecule has 0 N–H and O–H groups in total. The molecule has 0 amide bonds. The largest absolute Gasteiger partial charge is 0.376 e. The fourth-order valence-corrected chi connectivity index (χ4v) is 2.51.